The van der Waals surface area contributed by atoms with Gasteiger partial charge >= 0.3 is 0 Å². The van der Waals surface area contributed by atoms with E-state index in [0.717, 1.165) is 0 Å². The molecule has 1 aliphatic carbocycles. The van der Waals surface area contributed by atoms with Crippen molar-refractivity contribution in [2.75, 3.05) is 30.9 Å². The number of hydrogen-bond acceptors (Lipinski definition) is 3. The van der Waals surface area contributed by atoms with Crippen LogP contribution in [-0.4, -0.2) is 35.6 Å². The van der Waals surface area contributed by atoms with E-state index in [0.29, 0.717) is 4.75 Å². The highest BCUT2D eigenvalue weighted by Gasteiger charge is 2.41. The molecule has 1 fully saturated rings. The van der Waals surface area contributed by atoms with Crippen molar-refractivity contribution >= 4 is 23.5 Å². The van der Waals surface area contributed by atoms with Gasteiger partial charge in [0.1, 0.15) is 0 Å². The summed E-state index contributed by atoms with van der Waals surface area (Å²) >= 11 is 4.05. The maximum absolute atomic E-state index is 3.53. The van der Waals surface area contributed by atoms with Gasteiger partial charge in [0.15, 0.2) is 0 Å². The lowest BCUT2D eigenvalue weighted by Crippen LogP contribution is -2.27. The van der Waals surface area contributed by atoms with Gasteiger partial charge in [-0.3, -0.25) is 0 Å². The summed E-state index contributed by atoms with van der Waals surface area (Å²) in [7, 11) is 0. The summed E-state index contributed by atoms with van der Waals surface area (Å²) in [4.78, 5) is 0. The largest absolute Gasteiger partial charge is 0.315 e. The van der Waals surface area contributed by atoms with Gasteiger partial charge in [0, 0.05) is 23.6 Å². The van der Waals surface area contributed by atoms with Crippen molar-refractivity contribution in [3.05, 3.63) is 0 Å². The lowest BCUT2D eigenvalue weighted by atomic mass is 10.4. The fraction of sp³-hybridized carbons (Fsp3) is 1.00. The van der Waals surface area contributed by atoms with Gasteiger partial charge in [-0.15, -0.1) is 0 Å². The molecule has 0 aromatic rings. The van der Waals surface area contributed by atoms with Gasteiger partial charge in [-0.2, -0.15) is 23.5 Å². The standard InChI is InChI=1S/C9H19NS2/c1-3-12-7-6-10-8-9(11-2)4-5-9/h10H,3-8H2,1-2H3. The van der Waals surface area contributed by atoms with E-state index in [-0.39, 0.29) is 0 Å². The molecule has 1 rings (SSSR count). The number of hydrogen-bond donors (Lipinski definition) is 1. The van der Waals surface area contributed by atoms with Crippen molar-refractivity contribution in [1.29, 1.82) is 0 Å². The van der Waals surface area contributed by atoms with Crippen LogP contribution in [0.4, 0.5) is 0 Å². The molecule has 0 spiro atoms. The zero-order valence-electron chi connectivity index (χ0n) is 8.06. The minimum absolute atomic E-state index is 0.636. The van der Waals surface area contributed by atoms with Crippen LogP contribution < -0.4 is 5.32 Å². The first-order valence-electron chi connectivity index (χ1n) is 4.66. The second-order valence-corrected chi connectivity index (χ2v) is 5.93. The zero-order chi connectivity index (χ0) is 8.86. The molecule has 0 aliphatic heterocycles. The second kappa shape index (κ2) is 5.40. The lowest BCUT2D eigenvalue weighted by Gasteiger charge is -2.12. The normalized spacial score (nSPS) is 19.5. The Morgan fingerprint density at radius 2 is 2.17 bits per heavy atom. The Morgan fingerprint density at radius 1 is 1.42 bits per heavy atom. The Labute approximate surface area is 84.4 Å². The Bertz CT molecular complexity index is 124. The van der Waals surface area contributed by atoms with E-state index in [2.05, 4.69) is 18.5 Å². The first-order valence-corrected chi connectivity index (χ1v) is 7.04. The van der Waals surface area contributed by atoms with Crippen LogP contribution in [0.3, 0.4) is 0 Å². The third-order valence-electron chi connectivity index (χ3n) is 2.32. The summed E-state index contributed by atoms with van der Waals surface area (Å²) in [5.74, 6) is 2.51. The highest BCUT2D eigenvalue weighted by Crippen LogP contribution is 2.46. The Balaban J connectivity index is 1.89. The fourth-order valence-corrected chi connectivity index (χ4v) is 2.53. The molecular formula is C9H19NS2. The van der Waals surface area contributed by atoms with Crippen molar-refractivity contribution in [2.45, 2.75) is 24.5 Å². The van der Waals surface area contributed by atoms with Gasteiger partial charge in [0.25, 0.3) is 0 Å². The second-order valence-electron chi connectivity index (χ2n) is 3.26. The van der Waals surface area contributed by atoms with Crippen LogP contribution in [0.25, 0.3) is 0 Å². The molecule has 12 heavy (non-hydrogen) atoms. The van der Waals surface area contributed by atoms with Crippen LogP contribution in [0.5, 0.6) is 0 Å². The Kier molecular flexibility index (Phi) is 4.84. The monoisotopic (exact) mass is 205 g/mol. The van der Waals surface area contributed by atoms with Crippen LogP contribution in [0.2, 0.25) is 0 Å². The Morgan fingerprint density at radius 3 is 2.67 bits per heavy atom. The van der Waals surface area contributed by atoms with Crippen LogP contribution in [-0.2, 0) is 0 Å². The number of nitrogens with one attached hydrogen (secondary N) is 1. The SMILES string of the molecule is CCSCCNCC1(SC)CC1. The molecule has 0 radical (unpaired) electrons. The molecule has 0 amide bonds. The van der Waals surface area contributed by atoms with Gasteiger partial charge < -0.3 is 5.32 Å². The van der Waals surface area contributed by atoms with E-state index < -0.39 is 0 Å². The molecule has 0 atom stereocenters. The molecule has 1 saturated carbocycles. The number of rotatable bonds is 7. The van der Waals surface area contributed by atoms with Gasteiger partial charge in [-0.1, -0.05) is 6.92 Å². The van der Waals surface area contributed by atoms with Crippen LogP contribution in [0, 0.1) is 0 Å². The highest BCUT2D eigenvalue weighted by molar-refractivity contribution is 8.00. The minimum Gasteiger partial charge on any atom is -0.315 e. The molecule has 1 nitrogen and oxygen atoms in total. The van der Waals surface area contributed by atoms with Gasteiger partial charge in [0.2, 0.25) is 0 Å². The van der Waals surface area contributed by atoms with Crippen LogP contribution >= 0.6 is 23.5 Å². The van der Waals surface area contributed by atoms with E-state index in [9.17, 15) is 0 Å². The summed E-state index contributed by atoms with van der Waals surface area (Å²) in [6.07, 6.45) is 5.07. The lowest BCUT2D eigenvalue weighted by molar-refractivity contribution is 0.693. The summed E-state index contributed by atoms with van der Waals surface area (Å²) in [5, 5.41) is 3.53. The predicted octanol–water partition coefficient (Wildman–Crippen LogP) is 2.22. The summed E-state index contributed by atoms with van der Waals surface area (Å²) < 4.78 is 0.636. The summed E-state index contributed by atoms with van der Waals surface area (Å²) in [5.41, 5.74) is 0. The summed E-state index contributed by atoms with van der Waals surface area (Å²) in [6.45, 7) is 4.62. The first-order chi connectivity index (χ1) is 5.83. The third kappa shape index (κ3) is 3.58. The van der Waals surface area contributed by atoms with E-state index >= 15 is 0 Å². The van der Waals surface area contributed by atoms with Crippen LogP contribution in [0.15, 0.2) is 0 Å². The zero-order valence-corrected chi connectivity index (χ0v) is 9.69. The summed E-state index contributed by atoms with van der Waals surface area (Å²) in [6, 6.07) is 0. The van der Waals surface area contributed by atoms with Gasteiger partial charge in [-0.25, -0.2) is 0 Å². The van der Waals surface area contributed by atoms with E-state index in [1.54, 1.807) is 0 Å². The maximum Gasteiger partial charge on any atom is 0.0282 e. The minimum atomic E-state index is 0.636. The highest BCUT2D eigenvalue weighted by atomic mass is 32.2. The van der Waals surface area contributed by atoms with Crippen molar-refractivity contribution < 1.29 is 0 Å². The number of thioether (sulfide) groups is 2. The average molecular weight is 205 g/mol. The molecule has 0 bridgehead atoms. The smallest absolute Gasteiger partial charge is 0.0282 e. The van der Waals surface area contributed by atoms with Gasteiger partial charge in [-0.05, 0) is 24.9 Å². The Hall–Kier alpha value is 0.660. The molecule has 0 aromatic carbocycles. The van der Waals surface area contributed by atoms with E-state index in [1.807, 2.05) is 23.5 Å². The molecule has 0 unspecified atom stereocenters. The molecule has 1 N–H and O–H groups in total. The molecule has 72 valence electrons. The molecule has 0 heterocycles. The predicted molar refractivity (Wildman–Crippen MR) is 61.3 cm³/mol. The maximum atomic E-state index is 3.53. The van der Waals surface area contributed by atoms with Crippen molar-refractivity contribution in [1.82, 2.24) is 5.32 Å². The van der Waals surface area contributed by atoms with E-state index in [4.69, 9.17) is 0 Å². The quantitative estimate of drug-likeness (QED) is 0.640. The van der Waals surface area contributed by atoms with Crippen LogP contribution in [0.1, 0.15) is 19.8 Å². The van der Waals surface area contributed by atoms with Crippen molar-refractivity contribution in [3.8, 4) is 0 Å². The topological polar surface area (TPSA) is 12.0 Å². The molecule has 1 aliphatic rings. The molecular weight excluding hydrogens is 186 g/mol. The molecule has 0 saturated heterocycles. The first kappa shape index (κ1) is 10.7. The molecule has 3 heteroatoms. The average Bonchev–Trinajstić information content (AvgIpc) is 2.85. The van der Waals surface area contributed by atoms with Crippen molar-refractivity contribution in [2.24, 2.45) is 0 Å². The molecule has 0 aromatic heterocycles. The fourth-order valence-electron chi connectivity index (χ4n) is 1.20. The third-order valence-corrected chi connectivity index (χ3v) is 4.63. The van der Waals surface area contributed by atoms with Gasteiger partial charge in [0.05, 0.1) is 0 Å². The van der Waals surface area contributed by atoms with Crippen molar-refractivity contribution in [3.63, 3.8) is 0 Å². The van der Waals surface area contributed by atoms with E-state index in [1.165, 1.54) is 37.4 Å².